The summed E-state index contributed by atoms with van der Waals surface area (Å²) < 4.78 is 37.1. The van der Waals surface area contributed by atoms with Crippen LogP contribution in [0.3, 0.4) is 0 Å². The average molecular weight is 220 g/mol. The maximum absolute atomic E-state index is 12.4. The standard InChI is InChI=1S/C10H18BF3N/c1-8(2)15(7-10-4-5-10)6-9(3)11(12,13)14/h8,10H,3-7H2,1-2H3/q-1. The zero-order chi connectivity index (χ0) is 11.6. The Kier molecular flexibility index (Phi) is 3.87. The summed E-state index contributed by atoms with van der Waals surface area (Å²) in [7, 11) is 0. The van der Waals surface area contributed by atoms with Crippen LogP contribution in [0.1, 0.15) is 26.7 Å². The first-order valence-electron chi connectivity index (χ1n) is 5.42. The first kappa shape index (κ1) is 12.6. The first-order chi connectivity index (χ1) is 6.80. The van der Waals surface area contributed by atoms with Gasteiger partial charge in [-0.25, -0.2) is 0 Å². The molecule has 0 aromatic carbocycles. The van der Waals surface area contributed by atoms with Gasteiger partial charge in [-0.3, -0.25) is 4.90 Å². The topological polar surface area (TPSA) is 3.24 Å². The molecule has 0 atom stereocenters. The number of halogens is 3. The van der Waals surface area contributed by atoms with Crippen molar-refractivity contribution in [3.8, 4) is 0 Å². The molecule has 88 valence electrons. The molecule has 0 spiro atoms. The molecule has 15 heavy (non-hydrogen) atoms. The minimum atomic E-state index is -4.88. The predicted molar refractivity (Wildman–Crippen MR) is 57.7 cm³/mol. The van der Waals surface area contributed by atoms with Gasteiger partial charge in [0.2, 0.25) is 0 Å². The highest BCUT2D eigenvalue weighted by atomic mass is 19.4. The van der Waals surface area contributed by atoms with Crippen molar-refractivity contribution < 1.29 is 12.9 Å². The Hall–Kier alpha value is -0.445. The van der Waals surface area contributed by atoms with Gasteiger partial charge in [0.1, 0.15) is 0 Å². The highest BCUT2D eigenvalue weighted by molar-refractivity contribution is 6.66. The number of rotatable bonds is 6. The molecule has 0 aromatic rings. The fourth-order valence-corrected chi connectivity index (χ4v) is 1.45. The summed E-state index contributed by atoms with van der Waals surface area (Å²) in [6.07, 6.45) is 2.32. The third kappa shape index (κ3) is 4.28. The number of hydrogen-bond donors (Lipinski definition) is 0. The van der Waals surface area contributed by atoms with Crippen molar-refractivity contribution in [1.82, 2.24) is 4.90 Å². The molecular weight excluding hydrogens is 202 g/mol. The highest BCUT2D eigenvalue weighted by Gasteiger charge is 2.30. The molecule has 1 fully saturated rings. The van der Waals surface area contributed by atoms with Gasteiger partial charge in [-0.05, 0) is 39.2 Å². The zero-order valence-corrected chi connectivity index (χ0v) is 9.35. The molecule has 0 aliphatic heterocycles. The second kappa shape index (κ2) is 4.60. The molecule has 0 radical (unpaired) electrons. The van der Waals surface area contributed by atoms with Gasteiger partial charge in [0.15, 0.2) is 0 Å². The lowest BCUT2D eigenvalue weighted by molar-refractivity contribution is 0.230. The summed E-state index contributed by atoms with van der Waals surface area (Å²) >= 11 is 0. The van der Waals surface area contributed by atoms with Gasteiger partial charge in [-0.15, -0.1) is 12.1 Å². The van der Waals surface area contributed by atoms with Crippen LogP contribution in [0.5, 0.6) is 0 Å². The summed E-state index contributed by atoms with van der Waals surface area (Å²) in [5, 5.41) is 0. The van der Waals surface area contributed by atoms with Crippen molar-refractivity contribution in [3.05, 3.63) is 12.1 Å². The quantitative estimate of drug-likeness (QED) is 0.622. The van der Waals surface area contributed by atoms with Crippen molar-refractivity contribution in [2.45, 2.75) is 32.7 Å². The second-order valence-corrected chi connectivity index (χ2v) is 4.70. The van der Waals surface area contributed by atoms with Gasteiger partial charge in [0.25, 0.3) is 0 Å². The van der Waals surface area contributed by atoms with Crippen LogP contribution in [0.25, 0.3) is 0 Å². The SMILES string of the molecule is C=C(CN(CC1CC1)C(C)C)[B-](F)(F)F. The summed E-state index contributed by atoms with van der Waals surface area (Å²) in [4.78, 5) is 1.87. The molecule has 0 heterocycles. The summed E-state index contributed by atoms with van der Waals surface area (Å²) in [5.74, 6) is 0.612. The Bertz CT molecular complexity index is 233. The van der Waals surface area contributed by atoms with E-state index in [2.05, 4.69) is 6.58 Å². The molecule has 5 heteroatoms. The maximum Gasteiger partial charge on any atom is 0.506 e. The maximum atomic E-state index is 12.4. The van der Waals surface area contributed by atoms with Crippen molar-refractivity contribution in [3.63, 3.8) is 0 Å². The molecule has 0 bridgehead atoms. The number of hydrogen-bond acceptors (Lipinski definition) is 1. The first-order valence-corrected chi connectivity index (χ1v) is 5.42. The predicted octanol–water partition coefficient (Wildman–Crippen LogP) is 3.05. The Morgan fingerprint density at radius 3 is 2.27 bits per heavy atom. The van der Waals surface area contributed by atoms with E-state index in [0.717, 1.165) is 19.4 Å². The molecule has 0 amide bonds. The van der Waals surface area contributed by atoms with Crippen LogP contribution in [0.15, 0.2) is 12.1 Å². The molecule has 1 rings (SSSR count). The van der Waals surface area contributed by atoms with E-state index in [4.69, 9.17) is 0 Å². The molecule has 0 aromatic heterocycles. The third-order valence-electron chi connectivity index (χ3n) is 2.79. The summed E-state index contributed by atoms with van der Waals surface area (Å²) in [5.41, 5.74) is -0.579. The average Bonchev–Trinajstić information content (AvgIpc) is 2.84. The van der Waals surface area contributed by atoms with E-state index in [0.29, 0.717) is 5.92 Å². The highest BCUT2D eigenvalue weighted by Crippen LogP contribution is 2.31. The van der Waals surface area contributed by atoms with Crippen LogP contribution in [0.2, 0.25) is 0 Å². The molecule has 0 saturated heterocycles. The molecule has 1 nitrogen and oxygen atoms in total. The van der Waals surface area contributed by atoms with E-state index >= 15 is 0 Å². The third-order valence-corrected chi connectivity index (χ3v) is 2.79. The van der Waals surface area contributed by atoms with Crippen molar-refractivity contribution in [2.24, 2.45) is 5.92 Å². The smallest absolute Gasteiger partial charge is 0.445 e. The van der Waals surface area contributed by atoms with Crippen LogP contribution in [0.4, 0.5) is 12.9 Å². The lowest BCUT2D eigenvalue weighted by Gasteiger charge is -2.30. The van der Waals surface area contributed by atoms with E-state index in [1.54, 1.807) is 0 Å². The van der Waals surface area contributed by atoms with Gasteiger partial charge in [-0.1, -0.05) is 0 Å². The van der Waals surface area contributed by atoms with E-state index < -0.39 is 12.4 Å². The van der Waals surface area contributed by atoms with Crippen molar-refractivity contribution in [1.29, 1.82) is 0 Å². The molecule has 1 aliphatic carbocycles. The lowest BCUT2D eigenvalue weighted by atomic mass is 9.80. The van der Waals surface area contributed by atoms with Gasteiger partial charge in [-0.2, -0.15) is 0 Å². The Morgan fingerprint density at radius 2 is 1.93 bits per heavy atom. The minimum absolute atomic E-state index is 0.0301. The zero-order valence-electron chi connectivity index (χ0n) is 9.35. The van der Waals surface area contributed by atoms with Crippen LogP contribution in [-0.2, 0) is 0 Å². The Morgan fingerprint density at radius 1 is 1.40 bits per heavy atom. The minimum Gasteiger partial charge on any atom is -0.445 e. The Labute approximate surface area is 89.4 Å². The molecule has 0 N–H and O–H groups in total. The fraction of sp³-hybridized carbons (Fsp3) is 0.800. The van der Waals surface area contributed by atoms with Crippen molar-refractivity contribution in [2.75, 3.05) is 13.1 Å². The molecule has 1 saturated carbocycles. The van der Waals surface area contributed by atoms with Crippen LogP contribution < -0.4 is 0 Å². The van der Waals surface area contributed by atoms with Gasteiger partial charge in [0, 0.05) is 12.6 Å². The lowest BCUT2D eigenvalue weighted by Crippen LogP contribution is -2.38. The summed E-state index contributed by atoms with van der Waals surface area (Å²) in [6.45, 7) is 2.87. The van der Waals surface area contributed by atoms with E-state index in [1.165, 1.54) is 0 Å². The normalized spacial score (nSPS) is 17.5. The summed E-state index contributed by atoms with van der Waals surface area (Å²) in [6, 6.07) is 0.153. The fourth-order valence-electron chi connectivity index (χ4n) is 1.45. The monoisotopic (exact) mass is 220 g/mol. The largest absolute Gasteiger partial charge is 0.506 e. The van der Waals surface area contributed by atoms with Gasteiger partial charge >= 0.3 is 6.98 Å². The molecule has 1 aliphatic rings. The van der Waals surface area contributed by atoms with Gasteiger partial charge < -0.3 is 12.9 Å². The van der Waals surface area contributed by atoms with Crippen molar-refractivity contribution >= 4 is 6.98 Å². The van der Waals surface area contributed by atoms with Crippen LogP contribution in [-0.4, -0.2) is 31.0 Å². The second-order valence-electron chi connectivity index (χ2n) is 4.70. The van der Waals surface area contributed by atoms with Crippen LogP contribution in [0, 0.1) is 5.92 Å². The molecular formula is C10H18BF3N-. The van der Waals surface area contributed by atoms with E-state index in [1.807, 2.05) is 18.7 Å². The Balaban J connectivity index is 2.46. The molecule has 0 unspecified atom stereocenters. The van der Waals surface area contributed by atoms with E-state index in [-0.39, 0.29) is 12.6 Å². The van der Waals surface area contributed by atoms with Crippen LogP contribution >= 0.6 is 0 Å². The van der Waals surface area contributed by atoms with E-state index in [9.17, 15) is 12.9 Å². The number of nitrogens with zero attached hydrogens (tertiary/aromatic N) is 1. The van der Waals surface area contributed by atoms with Gasteiger partial charge in [0.05, 0.1) is 0 Å².